The van der Waals surface area contributed by atoms with Gasteiger partial charge in [0.15, 0.2) is 0 Å². The van der Waals surface area contributed by atoms with Crippen LogP contribution in [-0.4, -0.2) is 11.5 Å². The summed E-state index contributed by atoms with van der Waals surface area (Å²) in [4.78, 5) is 4.27. The first kappa shape index (κ1) is 13.2. The largest absolute Gasteiger partial charge is 0.310 e. The second kappa shape index (κ2) is 6.07. The monoisotopic (exact) mass is 264 g/mol. The molecule has 2 rings (SSSR count). The fourth-order valence-electron chi connectivity index (χ4n) is 2.01. The summed E-state index contributed by atoms with van der Waals surface area (Å²) in [6, 6.07) is 5.54. The van der Waals surface area contributed by atoms with Crippen LogP contribution in [0.3, 0.4) is 0 Å². The molecule has 0 bridgehead atoms. The fraction of sp³-hybridized carbons (Fsp3) is 0.357. The lowest BCUT2D eigenvalue weighted by molar-refractivity contribution is 0.506. The summed E-state index contributed by atoms with van der Waals surface area (Å²) in [5, 5.41) is 6.31. The molecule has 0 spiro atoms. The molecule has 0 amide bonds. The van der Waals surface area contributed by atoms with Crippen molar-refractivity contribution in [3.63, 3.8) is 0 Å². The maximum atomic E-state index is 14.1. The summed E-state index contributed by atoms with van der Waals surface area (Å²) >= 11 is 1.61. The van der Waals surface area contributed by atoms with Gasteiger partial charge in [-0.2, -0.15) is 0 Å². The minimum atomic E-state index is -0.111. The van der Waals surface area contributed by atoms with Crippen molar-refractivity contribution in [2.24, 2.45) is 0 Å². The number of rotatable bonds is 5. The van der Waals surface area contributed by atoms with Crippen LogP contribution in [-0.2, 0) is 6.42 Å². The second-order valence-electron chi connectivity index (χ2n) is 4.22. The van der Waals surface area contributed by atoms with Crippen molar-refractivity contribution in [3.8, 4) is 0 Å². The Hall–Kier alpha value is -1.26. The number of nitrogens with one attached hydrogen (secondary N) is 1. The van der Waals surface area contributed by atoms with E-state index in [1.54, 1.807) is 30.5 Å². The lowest BCUT2D eigenvalue weighted by Gasteiger charge is -2.18. The highest BCUT2D eigenvalue weighted by atomic mass is 32.1. The predicted octanol–water partition coefficient (Wildman–Crippen LogP) is 3.48. The van der Waals surface area contributed by atoms with Crippen molar-refractivity contribution >= 4 is 11.3 Å². The van der Waals surface area contributed by atoms with Crippen molar-refractivity contribution < 1.29 is 4.39 Å². The normalized spacial score (nSPS) is 12.6. The molecular weight excluding hydrogens is 247 g/mol. The Balaban J connectivity index is 2.26. The molecule has 0 radical (unpaired) electrons. The summed E-state index contributed by atoms with van der Waals surface area (Å²) in [6.07, 6.45) is 2.52. The molecule has 2 nitrogen and oxygen atoms in total. The van der Waals surface area contributed by atoms with Gasteiger partial charge in [-0.3, -0.25) is 0 Å². The van der Waals surface area contributed by atoms with Crippen LogP contribution in [0.4, 0.5) is 4.39 Å². The molecule has 1 atom stereocenters. The zero-order valence-electron chi connectivity index (χ0n) is 10.6. The van der Waals surface area contributed by atoms with Crippen LogP contribution >= 0.6 is 11.3 Å². The van der Waals surface area contributed by atoms with Gasteiger partial charge >= 0.3 is 0 Å². The number of thiazole rings is 1. The lowest BCUT2D eigenvalue weighted by Crippen LogP contribution is -2.24. The van der Waals surface area contributed by atoms with E-state index in [0.717, 1.165) is 23.5 Å². The molecule has 96 valence electrons. The molecule has 1 aromatic carbocycles. The molecule has 0 aliphatic heterocycles. The van der Waals surface area contributed by atoms with Gasteiger partial charge in [0.2, 0.25) is 0 Å². The molecule has 0 aliphatic rings. The standard InChI is InChI=1S/C14H17FN2S/c1-3-16-12(9-13-17-7-8-18-13)11-6-4-5-10(2)14(11)15/h4-8,12,16H,3,9H2,1-2H3. The molecule has 0 aliphatic carbocycles. The number of aryl methyl sites for hydroxylation is 1. The third kappa shape index (κ3) is 2.94. The second-order valence-corrected chi connectivity index (χ2v) is 5.20. The van der Waals surface area contributed by atoms with Crippen LogP contribution in [0.5, 0.6) is 0 Å². The van der Waals surface area contributed by atoms with Crippen molar-refractivity contribution in [1.29, 1.82) is 0 Å². The average molecular weight is 264 g/mol. The first-order chi connectivity index (χ1) is 8.72. The van der Waals surface area contributed by atoms with Crippen LogP contribution in [0.1, 0.15) is 29.1 Å². The fourth-order valence-corrected chi connectivity index (χ4v) is 2.67. The van der Waals surface area contributed by atoms with E-state index in [-0.39, 0.29) is 11.9 Å². The minimum absolute atomic E-state index is 0.0129. The highest BCUT2D eigenvalue weighted by Crippen LogP contribution is 2.23. The van der Waals surface area contributed by atoms with Crippen molar-refractivity contribution in [2.45, 2.75) is 26.3 Å². The Morgan fingerprint density at radius 2 is 2.28 bits per heavy atom. The molecule has 1 unspecified atom stereocenters. The van der Waals surface area contributed by atoms with Crippen molar-refractivity contribution in [2.75, 3.05) is 6.54 Å². The van der Waals surface area contributed by atoms with Gasteiger partial charge < -0.3 is 5.32 Å². The smallest absolute Gasteiger partial charge is 0.130 e. The van der Waals surface area contributed by atoms with Gasteiger partial charge in [0.25, 0.3) is 0 Å². The zero-order chi connectivity index (χ0) is 13.0. The number of nitrogens with zero attached hydrogens (tertiary/aromatic N) is 1. The van der Waals surface area contributed by atoms with E-state index in [2.05, 4.69) is 10.3 Å². The van der Waals surface area contributed by atoms with Gasteiger partial charge in [-0.25, -0.2) is 9.37 Å². The van der Waals surface area contributed by atoms with E-state index in [1.807, 2.05) is 24.4 Å². The summed E-state index contributed by atoms with van der Waals surface area (Å²) < 4.78 is 14.1. The molecule has 0 saturated heterocycles. The summed E-state index contributed by atoms with van der Waals surface area (Å²) in [6.45, 7) is 4.64. The maximum Gasteiger partial charge on any atom is 0.130 e. The number of hydrogen-bond donors (Lipinski definition) is 1. The van der Waals surface area contributed by atoms with Gasteiger partial charge in [0.05, 0.1) is 5.01 Å². The third-order valence-electron chi connectivity index (χ3n) is 2.91. The Kier molecular flexibility index (Phi) is 4.44. The van der Waals surface area contributed by atoms with Crippen LogP contribution < -0.4 is 5.32 Å². The molecule has 18 heavy (non-hydrogen) atoms. The van der Waals surface area contributed by atoms with Crippen LogP contribution in [0.15, 0.2) is 29.8 Å². The van der Waals surface area contributed by atoms with E-state index in [0.29, 0.717) is 5.56 Å². The number of benzene rings is 1. The molecule has 4 heteroatoms. The number of likely N-dealkylation sites (N-methyl/N-ethyl adjacent to an activating group) is 1. The van der Waals surface area contributed by atoms with E-state index in [1.165, 1.54) is 0 Å². The third-order valence-corrected chi connectivity index (χ3v) is 3.71. The van der Waals surface area contributed by atoms with Crippen molar-refractivity contribution in [3.05, 3.63) is 51.7 Å². The van der Waals surface area contributed by atoms with Gasteiger partial charge in [-0.05, 0) is 19.0 Å². The lowest BCUT2D eigenvalue weighted by atomic mass is 10.0. The Morgan fingerprint density at radius 1 is 1.44 bits per heavy atom. The highest BCUT2D eigenvalue weighted by molar-refractivity contribution is 7.09. The summed E-state index contributed by atoms with van der Waals surface area (Å²) in [5.41, 5.74) is 1.42. The average Bonchev–Trinajstić information content (AvgIpc) is 2.85. The first-order valence-electron chi connectivity index (χ1n) is 6.09. The Bertz CT molecular complexity index is 497. The predicted molar refractivity (Wildman–Crippen MR) is 73.4 cm³/mol. The molecule has 0 fully saturated rings. The molecular formula is C14H17FN2S. The van der Waals surface area contributed by atoms with E-state index in [4.69, 9.17) is 0 Å². The van der Waals surface area contributed by atoms with E-state index in [9.17, 15) is 4.39 Å². The topological polar surface area (TPSA) is 24.9 Å². The maximum absolute atomic E-state index is 14.1. The number of hydrogen-bond acceptors (Lipinski definition) is 3. The quantitative estimate of drug-likeness (QED) is 0.894. The van der Waals surface area contributed by atoms with Crippen LogP contribution in [0.25, 0.3) is 0 Å². The summed E-state index contributed by atoms with van der Waals surface area (Å²) in [5.74, 6) is -0.111. The Morgan fingerprint density at radius 3 is 2.94 bits per heavy atom. The number of halogens is 1. The van der Waals surface area contributed by atoms with E-state index >= 15 is 0 Å². The zero-order valence-corrected chi connectivity index (χ0v) is 11.4. The molecule has 1 aromatic heterocycles. The number of aromatic nitrogens is 1. The molecule has 1 heterocycles. The van der Waals surface area contributed by atoms with E-state index < -0.39 is 0 Å². The SMILES string of the molecule is CCNC(Cc1nccs1)c1cccc(C)c1F. The minimum Gasteiger partial charge on any atom is -0.310 e. The van der Waals surface area contributed by atoms with Gasteiger partial charge in [-0.15, -0.1) is 11.3 Å². The van der Waals surface area contributed by atoms with Gasteiger partial charge in [0.1, 0.15) is 5.82 Å². The van der Waals surface area contributed by atoms with Gasteiger partial charge in [-0.1, -0.05) is 25.1 Å². The molecule has 1 N–H and O–H groups in total. The highest BCUT2D eigenvalue weighted by Gasteiger charge is 2.17. The van der Waals surface area contributed by atoms with Gasteiger partial charge in [0, 0.05) is 29.6 Å². The first-order valence-corrected chi connectivity index (χ1v) is 6.97. The van der Waals surface area contributed by atoms with Crippen LogP contribution in [0, 0.1) is 12.7 Å². The van der Waals surface area contributed by atoms with Crippen molar-refractivity contribution in [1.82, 2.24) is 10.3 Å². The Labute approximate surface area is 111 Å². The molecule has 0 saturated carbocycles. The summed E-state index contributed by atoms with van der Waals surface area (Å²) in [7, 11) is 0. The molecule has 2 aromatic rings. The van der Waals surface area contributed by atoms with Crippen LogP contribution in [0.2, 0.25) is 0 Å².